The number of ketones is 1. The maximum Gasteiger partial charge on any atom is 0.239 e. The van der Waals surface area contributed by atoms with Crippen LogP contribution < -0.4 is 0 Å². The van der Waals surface area contributed by atoms with Gasteiger partial charge in [-0.05, 0) is 22.9 Å². The van der Waals surface area contributed by atoms with Crippen LogP contribution in [0.4, 0.5) is 0 Å². The second-order valence-electron chi connectivity index (χ2n) is 2.79. The summed E-state index contributed by atoms with van der Waals surface area (Å²) in [5, 5.41) is 36.2. The Balaban J connectivity index is 5.02. The van der Waals surface area contributed by atoms with E-state index < -0.39 is 34.9 Å². The minimum absolute atomic E-state index is 0.878. The standard InChI is InChI=1S/C7H11BrO6/c1-3(10)7(14,6(8)13)5(12)4(11)2-9/h4-5,9,11-12,14H,2H2,1H3/t4-,5-,7+/m0/s1. The lowest BCUT2D eigenvalue weighted by Crippen LogP contribution is -2.58. The molecule has 0 bridgehead atoms. The topological polar surface area (TPSA) is 115 Å². The number of rotatable bonds is 5. The lowest BCUT2D eigenvalue weighted by atomic mass is 9.90. The summed E-state index contributed by atoms with van der Waals surface area (Å²) >= 11 is 2.33. The number of hydrogen-bond donors (Lipinski definition) is 4. The highest BCUT2D eigenvalue weighted by molar-refractivity contribution is 9.18. The molecule has 0 saturated carbocycles. The molecule has 3 atom stereocenters. The monoisotopic (exact) mass is 270 g/mol. The molecule has 0 spiro atoms. The van der Waals surface area contributed by atoms with Crippen molar-refractivity contribution >= 4 is 26.4 Å². The van der Waals surface area contributed by atoms with Gasteiger partial charge in [0.2, 0.25) is 10.3 Å². The molecule has 0 unspecified atom stereocenters. The number of hydrogen-bond acceptors (Lipinski definition) is 6. The molecule has 7 heteroatoms. The van der Waals surface area contributed by atoms with Gasteiger partial charge in [0.15, 0.2) is 5.78 Å². The Bertz CT molecular complexity index is 226. The Morgan fingerprint density at radius 3 is 2.07 bits per heavy atom. The van der Waals surface area contributed by atoms with Crippen LogP contribution in [0.25, 0.3) is 0 Å². The summed E-state index contributed by atoms with van der Waals surface area (Å²) in [4.78, 5) is 21.8. The average Bonchev–Trinajstić information content (AvgIpc) is 2.13. The first kappa shape index (κ1) is 13.7. The Morgan fingerprint density at radius 1 is 1.43 bits per heavy atom. The van der Waals surface area contributed by atoms with E-state index >= 15 is 0 Å². The Hall–Kier alpha value is -0.340. The predicted octanol–water partition coefficient (Wildman–Crippen LogP) is -2.06. The lowest BCUT2D eigenvalue weighted by Gasteiger charge is -2.29. The molecule has 0 aromatic rings. The van der Waals surface area contributed by atoms with Gasteiger partial charge in [-0.1, -0.05) is 0 Å². The van der Waals surface area contributed by atoms with E-state index in [4.69, 9.17) is 10.2 Å². The molecule has 0 aliphatic heterocycles. The number of aliphatic hydroxyl groups excluding tert-OH is 3. The zero-order valence-electron chi connectivity index (χ0n) is 7.35. The average molecular weight is 271 g/mol. The number of aliphatic hydroxyl groups is 4. The van der Waals surface area contributed by atoms with Crippen LogP contribution in [0.15, 0.2) is 0 Å². The Morgan fingerprint density at radius 2 is 1.86 bits per heavy atom. The normalized spacial score (nSPS) is 19.6. The first-order valence-electron chi connectivity index (χ1n) is 3.68. The number of Topliss-reactive ketones (excluding diaryl/α,β-unsaturated/α-hetero) is 1. The van der Waals surface area contributed by atoms with E-state index in [1.165, 1.54) is 0 Å². The quantitative estimate of drug-likeness (QED) is 0.338. The van der Waals surface area contributed by atoms with Gasteiger partial charge in [0.05, 0.1) is 6.61 Å². The summed E-state index contributed by atoms with van der Waals surface area (Å²) in [5.41, 5.74) is -2.73. The molecule has 0 fully saturated rings. The van der Waals surface area contributed by atoms with Gasteiger partial charge in [-0.15, -0.1) is 0 Å². The molecule has 0 amide bonds. The molecule has 0 rings (SSSR count). The van der Waals surface area contributed by atoms with E-state index in [9.17, 15) is 19.8 Å². The molecular formula is C7H11BrO6. The van der Waals surface area contributed by atoms with Crippen molar-refractivity contribution < 1.29 is 30.0 Å². The smallest absolute Gasteiger partial charge is 0.239 e. The number of halogens is 1. The molecule has 0 radical (unpaired) electrons. The largest absolute Gasteiger partial charge is 0.394 e. The molecular weight excluding hydrogens is 260 g/mol. The van der Waals surface area contributed by atoms with Gasteiger partial charge in [-0.25, -0.2) is 0 Å². The van der Waals surface area contributed by atoms with Gasteiger partial charge in [0.25, 0.3) is 0 Å². The fourth-order valence-electron chi connectivity index (χ4n) is 0.841. The molecule has 82 valence electrons. The van der Waals surface area contributed by atoms with Crippen LogP contribution in [-0.4, -0.2) is 55.3 Å². The molecule has 0 aromatic carbocycles. The van der Waals surface area contributed by atoms with Crippen molar-refractivity contribution in [2.45, 2.75) is 24.7 Å². The SMILES string of the molecule is CC(=O)[C@](O)(C(=O)Br)[C@@H](O)[C@@H](O)CO. The van der Waals surface area contributed by atoms with Crippen molar-refractivity contribution in [3.8, 4) is 0 Å². The molecule has 0 aliphatic carbocycles. The summed E-state index contributed by atoms with van der Waals surface area (Å²) in [7, 11) is 0. The van der Waals surface area contributed by atoms with Crippen LogP contribution in [0, 0.1) is 0 Å². The molecule has 0 heterocycles. The summed E-state index contributed by atoms with van der Waals surface area (Å²) in [6.07, 6.45) is -3.85. The minimum Gasteiger partial charge on any atom is -0.394 e. The second-order valence-corrected chi connectivity index (χ2v) is 3.51. The van der Waals surface area contributed by atoms with Gasteiger partial charge >= 0.3 is 0 Å². The van der Waals surface area contributed by atoms with Crippen LogP contribution >= 0.6 is 15.9 Å². The highest BCUT2D eigenvalue weighted by atomic mass is 79.9. The fourth-order valence-corrected chi connectivity index (χ4v) is 1.35. The van der Waals surface area contributed by atoms with Crippen molar-refractivity contribution in [2.75, 3.05) is 6.61 Å². The van der Waals surface area contributed by atoms with Gasteiger partial charge in [-0.2, -0.15) is 0 Å². The lowest BCUT2D eigenvalue weighted by molar-refractivity contribution is -0.167. The van der Waals surface area contributed by atoms with E-state index in [0.717, 1.165) is 6.92 Å². The summed E-state index contributed by atoms with van der Waals surface area (Å²) in [6.45, 7) is 0.00348. The molecule has 0 saturated heterocycles. The third-order valence-electron chi connectivity index (χ3n) is 1.82. The van der Waals surface area contributed by atoms with Crippen LogP contribution in [0.1, 0.15) is 6.92 Å². The first-order valence-corrected chi connectivity index (χ1v) is 4.48. The summed E-state index contributed by atoms with van der Waals surface area (Å²) < 4.78 is -1.17. The summed E-state index contributed by atoms with van der Waals surface area (Å²) in [5.74, 6) is -1.03. The molecule has 0 aliphatic rings. The maximum absolute atomic E-state index is 10.9. The van der Waals surface area contributed by atoms with Crippen LogP contribution in [0.5, 0.6) is 0 Å². The van der Waals surface area contributed by atoms with Crippen molar-refractivity contribution in [1.29, 1.82) is 0 Å². The number of carbonyl (C=O) groups is 2. The van der Waals surface area contributed by atoms with Gasteiger partial charge in [-0.3, -0.25) is 9.59 Å². The third-order valence-corrected chi connectivity index (χ3v) is 2.42. The molecule has 6 nitrogen and oxygen atoms in total. The fraction of sp³-hybridized carbons (Fsp3) is 0.714. The van der Waals surface area contributed by atoms with E-state index in [1.54, 1.807) is 0 Å². The van der Waals surface area contributed by atoms with E-state index in [-0.39, 0.29) is 0 Å². The number of carbonyl (C=O) groups excluding carboxylic acids is 2. The van der Waals surface area contributed by atoms with E-state index in [1.807, 2.05) is 0 Å². The zero-order chi connectivity index (χ0) is 11.5. The zero-order valence-corrected chi connectivity index (χ0v) is 8.93. The summed E-state index contributed by atoms with van der Waals surface area (Å²) in [6, 6.07) is 0. The van der Waals surface area contributed by atoms with Crippen LogP contribution in [0.2, 0.25) is 0 Å². The molecule has 14 heavy (non-hydrogen) atoms. The highest BCUT2D eigenvalue weighted by Gasteiger charge is 2.49. The van der Waals surface area contributed by atoms with Crippen molar-refractivity contribution in [3.05, 3.63) is 0 Å². The van der Waals surface area contributed by atoms with Crippen molar-refractivity contribution in [1.82, 2.24) is 0 Å². The van der Waals surface area contributed by atoms with Gasteiger partial charge in [0, 0.05) is 0 Å². The van der Waals surface area contributed by atoms with Crippen molar-refractivity contribution in [2.24, 2.45) is 0 Å². The van der Waals surface area contributed by atoms with Gasteiger partial charge in [0.1, 0.15) is 12.2 Å². The maximum atomic E-state index is 10.9. The van der Waals surface area contributed by atoms with Crippen LogP contribution in [-0.2, 0) is 9.59 Å². The van der Waals surface area contributed by atoms with E-state index in [0.29, 0.717) is 0 Å². The van der Waals surface area contributed by atoms with E-state index in [2.05, 4.69) is 15.9 Å². The third kappa shape index (κ3) is 2.37. The molecule has 0 aromatic heterocycles. The Kier molecular flexibility index (Phi) is 4.82. The second kappa shape index (κ2) is 4.94. The van der Waals surface area contributed by atoms with Gasteiger partial charge < -0.3 is 20.4 Å². The van der Waals surface area contributed by atoms with Crippen molar-refractivity contribution in [3.63, 3.8) is 0 Å². The van der Waals surface area contributed by atoms with Crippen LogP contribution in [0.3, 0.4) is 0 Å². The minimum atomic E-state index is -2.73. The molecule has 4 N–H and O–H groups in total. The first-order chi connectivity index (χ1) is 6.28. The highest BCUT2D eigenvalue weighted by Crippen LogP contribution is 2.20. The Labute approximate surface area is 88.3 Å². The predicted molar refractivity (Wildman–Crippen MR) is 48.7 cm³/mol.